The maximum atomic E-state index is 11.4. The molecule has 0 saturated carbocycles. The first-order chi connectivity index (χ1) is 10.5. The van der Waals surface area contributed by atoms with Crippen LogP contribution in [0.1, 0.15) is 30.5 Å². The number of pyridine rings is 1. The van der Waals surface area contributed by atoms with E-state index >= 15 is 0 Å². The Morgan fingerprint density at radius 3 is 2.77 bits per heavy atom. The van der Waals surface area contributed by atoms with E-state index in [-0.39, 0.29) is 5.78 Å². The average Bonchev–Trinajstić information content (AvgIpc) is 2.50. The number of ketones is 1. The molecular formula is C18H17N3O. The molecule has 0 aliphatic rings. The van der Waals surface area contributed by atoms with Crippen LogP contribution in [0.25, 0.3) is 6.08 Å². The highest BCUT2D eigenvalue weighted by Gasteiger charge is 2.05. The van der Waals surface area contributed by atoms with Crippen LogP contribution in [0.15, 0.2) is 42.1 Å². The number of carbonyl (C=O) groups is 1. The number of rotatable bonds is 4. The number of nitriles is 1. The number of anilines is 2. The van der Waals surface area contributed by atoms with E-state index in [2.05, 4.69) is 16.4 Å². The van der Waals surface area contributed by atoms with E-state index in [1.165, 1.54) is 6.92 Å². The quantitative estimate of drug-likeness (QED) is 0.865. The molecule has 1 heterocycles. The van der Waals surface area contributed by atoms with Gasteiger partial charge in [0.25, 0.3) is 0 Å². The number of hydrogen-bond donors (Lipinski definition) is 1. The van der Waals surface area contributed by atoms with Gasteiger partial charge in [-0.15, -0.1) is 0 Å². The number of aromatic nitrogens is 1. The zero-order valence-corrected chi connectivity index (χ0v) is 12.8. The molecule has 1 N–H and O–H groups in total. The lowest BCUT2D eigenvalue weighted by molar-refractivity contribution is -0.113. The third-order valence-corrected chi connectivity index (χ3v) is 3.39. The van der Waals surface area contributed by atoms with Crippen molar-refractivity contribution in [2.45, 2.75) is 20.8 Å². The second-order valence-electron chi connectivity index (χ2n) is 5.09. The molecule has 0 bridgehead atoms. The molecule has 1 aromatic heterocycles. The van der Waals surface area contributed by atoms with Crippen molar-refractivity contribution in [3.05, 3.63) is 58.8 Å². The summed E-state index contributed by atoms with van der Waals surface area (Å²) in [5.74, 6) is 0.674. The minimum absolute atomic E-state index is 0.0249. The van der Waals surface area contributed by atoms with Gasteiger partial charge < -0.3 is 5.32 Å². The van der Waals surface area contributed by atoms with Gasteiger partial charge >= 0.3 is 0 Å². The Morgan fingerprint density at radius 2 is 2.09 bits per heavy atom. The van der Waals surface area contributed by atoms with E-state index < -0.39 is 0 Å². The number of benzene rings is 1. The number of carbonyl (C=O) groups excluding carboxylic acids is 1. The van der Waals surface area contributed by atoms with Crippen LogP contribution in [-0.2, 0) is 4.79 Å². The van der Waals surface area contributed by atoms with Crippen molar-refractivity contribution < 1.29 is 4.79 Å². The van der Waals surface area contributed by atoms with Crippen molar-refractivity contribution in [1.29, 1.82) is 5.26 Å². The second kappa shape index (κ2) is 6.68. The predicted molar refractivity (Wildman–Crippen MR) is 87.7 cm³/mol. The molecule has 0 radical (unpaired) electrons. The third-order valence-electron chi connectivity index (χ3n) is 3.39. The molecular weight excluding hydrogens is 274 g/mol. The van der Waals surface area contributed by atoms with Crippen LogP contribution >= 0.6 is 0 Å². The van der Waals surface area contributed by atoms with Gasteiger partial charge in [-0.3, -0.25) is 4.79 Å². The van der Waals surface area contributed by atoms with Gasteiger partial charge in [0.15, 0.2) is 5.78 Å². The summed E-state index contributed by atoms with van der Waals surface area (Å²) >= 11 is 0. The van der Waals surface area contributed by atoms with Crippen LogP contribution in [-0.4, -0.2) is 10.8 Å². The SMILES string of the molecule is CC(=O)/C(C)=C\c1cccnc1Nc1ccc(C)c(C#N)c1. The molecule has 0 unspecified atom stereocenters. The molecule has 110 valence electrons. The summed E-state index contributed by atoms with van der Waals surface area (Å²) in [6, 6.07) is 11.5. The number of allylic oxidation sites excluding steroid dienone is 1. The van der Waals surface area contributed by atoms with Gasteiger partial charge in [0.2, 0.25) is 0 Å². The highest BCUT2D eigenvalue weighted by molar-refractivity contribution is 5.97. The Bertz CT molecular complexity index is 785. The van der Waals surface area contributed by atoms with E-state index in [0.717, 1.165) is 16.8 Å². The topological polar surface area (TPSA) is 65.8 Å². The molecule has 22 heavy (non-hydrogen) atoms. The van der Waals surface area contributed by atoms with E-state index in [1.54, 1.807) is 25.3 Å². The summed E-state index contributed by atoms with van der Waals surface area (Å²) in [4.78, 5) is 15.7. The summed E-state index contributed by atoms with van der Waals surface area (Å²) in [6.45, 7) is 5.21. The Balaban J connectivity index is 2.37. The zero-order valence-electron chi connectivity index (χ0n) is 12.8. The standard InChI is InChI=1S/C18H17N3O/c1-12-6-7-17(10-16(12)11-19)21-18-15(5-4-8-20-18)9-13(2)14(3)22/h4-10H,1-3H3,(H,20,21)/b13-9-. The Kier molecular flexibility index (Phi) is 4.70. The molecule has 1 aromatic carbocycles. The molecule has 0 aliphatic carbocycles. The fraction of sp³-hybridized carbons (Fsp3) is 0.167. The normalized spacial score (nSPS) is 10.9. The number of aryl methyl sites for hydroxylation is 1. The van der Waals surface area contributed by atoms with Crippen LogP contribution < -0.4 is 5.32 Å². The maximum absolute atomic E-state index is 11.4. The molecule has 0 atom stereocenters. The maximum Gasteiger partial charge on any atom is 0.155 e. The van der Waals surface area contributed by atoms with Gasteiger partial charge in [0.1, 0.15) is 5.82 Å². The van der Waals surface area contributed by atoms with Gasteiger partial charge in [0.05, 0.1) is 11.6 Å². The zero-order chi connectivity index (χ0) is 16.1. The van der Waals surface area contributed by atoms with Gasteiger partial charge in [-0.1, -0.05) is 6.07 Å². The monoisotopic (exact) mass is 291 g/mol. The van der Waals surface area contributed by atoms with Gasteiger partial charge in [-0.2, -0.15) is 5.26 Å². The molecule has 0 fully saturated rings. The fourth-order valence-corrected chi connectivity index (χ4v) is 1.93. The van der Waals surface area contributed by atoms with E-state index in [9.17, 15) is 4.79 Å². The minimum Gasteiger partial charge on any atom is -0.340 e. The fourth-order valence-electron chi connectivity index (χ4n) is 1.93. The Morgan fingerprint density at radius 1 is 1.32 bits per heavy atom. The molecule has 0 saturated heterocycles. The van der Waals surface area contributed by atoms with Crippen molar-refractivity contribution in [2.24, 2.45) is 0 Å². The first-order valence-electron chi connectivity index (χ1n) is 6.93. The minimum atomic E-state index is 0.0249. The van der Waals surface area contributed by atoms with Gasteiger partial charge in [-0.25, -0.2) is 4.98 Å². The Hall–Kier alpha value is -2.93. The second-order valence-corrected chi connectivity index (χ2v) is 5.09. The molecule has 0 spiro atoms. The average molecular weight is 291 g/mol. The van der Waals surface area contributed by atoms with Crippen molar-refractivity contribution in [2.75, 3.05) is 5.32 Å². The third kappa shape index (κ3) is 3.58. The summed E-state index contributed by atoms with van der Waals surface area (Å²) in [5, 5.41) is 12.3. The first-order valence-corrected chi connectivity index (χ1v) is 6.93. The van der Waals surface area contributed by atoms with Crippen LogP contribution in [0.5, 0.6) is 0 Å². The van der Waals surface area contributed by atoms with Crippen LogP contribution in [0.3, 0.4) is 0 Å². The summed E-state index contributed by atoms with van der Waals surface area (Å²) < 4.78 is 0. The first kappa shape index (κ1) is 15.5. The lowest BCUT2D eigenvalue weighted by Gasteiger charge is -2.10. The number of nitrogens with zero attached hydrogens (tertiary/aromatic N) is 2. The lowest BCUT2D eigenvalue weighted by Crippen LogP contribution is -1.98. The molecule has 0 aliphatic heterocycles. The smallest absolute Gasteiger partial charge is 0.155 e. The number of hydrogen-bond acceptors (Lipinski definition) is 4. The molecule has 0 amide bonds. The Labute approximate surface area is 130 Å². The van der Waals surface area contributed by atoms with E-state index in [0.29, 0.717) is 17.0 Å². The largest absolute Gasteiger partial charge is 0.340 e. The van der Waals surface area contributed by atoms with Crippen molar-refractivity contribution in [3.8, 4) is 6.07 Å². The van der Waals surface area contributed by atoms with Crippen molar-refractivity contribution >= 4 is 23.4 Å². The molecule has 2 rings (SSSR count). The van der Waals surface area contributed by atoms with Crippen LogP contribution in [0, 0.1) is 18.3 Å². The van der Waals surface area contributed by atoms with Crippen molar-refractivity contribution in [1.82, 2.24) is 4.98 Å². The number of nitrogens with one attached hydrogen (secondary N) is 1. The van der Waals surface area contributed by atoms with Gasteiger partial charge in [0, 0.05) is 17.4 Å². The predicted octanol–water partition coefficient (Wildman–Crippen LogP) is 4.00. The summed E-state index contributed by atoms with van der Waals surface area (Å²) in [6.07, 6.45) is 3.49. The van der Waals surface area contributed by atoms with E-state index in [1.807, 2.05) is 31.2 Å². The molecule has 4 nitrogen and oxygen atoms in total. The van der Waals surface area contributed by atoms with Crippen molar-refractivity contribution in [3.63, 3.8) is 0 Å². The van der Waals surface area contributed by atoms with E-state index in [4.69, 9.17) is 5.26 Å². The van der Waals surface area contributed by atoms with Crippen LogP contribution in [0.2, 0.25) is 0 Å². The van der Waals surface area contributed by atoms with Crippen LogP contribution in [0.4, 0.5) is 11.5 Å². The summed E-state index contributed by atoms with van der Waals surface area (Å²) in [5.41, 5.74) is 3.84. The van der Waals surface area contributed by atoms with Gasteiger partial charge in [-0.05, 0) is 62.2 Å². The summed E-state index contributed by atoms with van der Waals surface area (Å²) in [7, 11) is 0. The number of Topliss-reactive ketones (excluding diaryl/α,β-unsaturated/α-hetero) is 1. The highest BCUT2D eigenvalue weighted by atomic mass is 16.1. The highest BCUT2D eigenvalue weighted by Crippen LogP contribution is 2.22. The molecule has 4 heteroatoms. The lowest BCUT2D eigenvalue weighted by atomic mass is 10.1. The molecule has 2 aromatic rings.